The third-order valence-electron chi connectivity index (χ3n) is 2.93. The molecule has 19 heavy (non-hydrogen) atoms. The summed E-state index contributed by atoms with van der Waals surface area (Å²) < 4.78 is 2.22. The average Bonchev–Trinajstić information content (AvgIpc) is 2.76. The summed E-state index contributed by atoms with van der Waals surface area (Å²) in [5.74, 6) is 0.958. The zero-order valence-electron chi connectivity index (χ0n) is 9.90. The Morgan fingerprint density at radius 3 is 2.68 bits per heavy atom. The second kappa shape index (κ2) is 6.82. The molecule has 1 aromatic carbocycles. The standard InChI is InChI=1S/C12H11Cl2N3.2ClH/c13-10-2-1-8(5-11(10)14)12-16-7-9-6-15-3-4-17(9)12;;/h1-2,5,7,15H,3-4,6H2;2*1H. The first-order valence-corrected chi connectivity index (χ1v) is 6.22. The van der Waals surface area contributed by atoms with Gasteiger partial charge >= 0.3 is 0 Å². The van der Waals surface area contributed by atoms with Gasteiger partial charge in [-0.15, -0.1) is 24.8 Å². The van der Waals surface area contributed by atoms with Gasteiger partial charge in [-0.3, -0.25) is 0 Å². The van der Waals surface area contributed by atoms with Crippen molar-refractivity contribution >= 4 is 48.0 Å². The quantitative estimate of drug-likeness (QED) is 0.855. The number of benzene rings is 1. The Bertz CT molecular complexity index is 568. The molecule has 0 saturated carbocycles. The summed E-state index contributed by atoms with van der Waals surface area (Å²) in [6.45, 7) is 2.77. The molecule has 1 aliphatic heterocycles. The molecule has 1 N–H and O–H groups in total. The molecule has 0 aliphatic carbocycles. The fourth-order valence-corrected chi connectivity index (χ4v) is 2.37. The second-order valence-corrected chi connectivity index (χ2v) is 4.84. The Morgan fingerprint density at radius 2 is 1.95 bits per heavy atom. The molecule has 0 saturated heterocycles. The summed E-state index contributed by atoms with van der Waals surface area (Å²) >= 11 is 11.9. The summed E-state index contributed by atoms with van der Waals surface area (Å²) in [6.07, 6.45) is 1.91. The Balaban J connectivity index is 0.000000902. The third kappa shape index (κ3) is 3.18. The van der Waals surface area contributed by atoms with Gasteiger partial charge in [-0.2, -0.15) is 0 Å². The lowest BCUT2D eigenvalue weighted by molar-refractivity contribution is 0.519. The summed E-state index contributed by atoms with van der Waals surface area (Å²) in [6, 6.07) is 5.62. The Labute approximate surface area is 134 Å². The molecule has 3 rings (SSSR count). The third-order valence-corrected chi connectivity index (χ3v) is 3.67. The summed E-state index contributed by atoms with van der Waals surface area (Å²) in [5, 5.41) is 4.46. The van der Waals surface area contributed by atoms with Crippen LogP contribution in [0.2, 0.25) is 10.0 Å². The van der Waals surface area contributed by atoms with Crippen molar-refractivity contribution in [1.29, 1.82) is 0 Å². The van der Waals surface area contributed by atoms with Gasteiger partial charge in [-0.25, -0.2) is 4.98 Å². The van der Waals surface area contributed by atoms with Crippen molar-refractivity contribution in [2.45, 2.75) is 13.1 Å². The summed E-state index contributed by atoms with van der Waals surface area (Å²) in [5.41, 5.74) is 2.21. The van der Waals surface area contributed by atoms with E-state index in [4.69, 9.17) is 23.2 Å². The van der Waals surface area contributed by atoms with E-state index in [1.54, 1.807) is 0 Å². The molecule has 0 spiro atoms. The van der Waals surface area contributed by atoms with Crippen molar-refractivity contribution in [3.8, 4) is 11.4 Å². The molecular weight excluding hydrogens is 328 g/mol. The zero-order valence-corrected chi connectivity index (χ0v) is 13.0. The second-order valence-electron chi connectivity index (χ2n) is 4.03. The van der Waals surface area contributed by atoms with Gasteiger partial charge in [-0.1, -0.05) is 23.2 Å². The van der Waals surface area contributed by atoms with Gasteiger partial charge < -0.3 is 9.88 Å². The van der Waals surface area contributed by atoms with E-state index in [-0.39, 0.29) is 24.8 Å². The van der Waals surface area contributed by atoms with Crippen LogP contribution in [0.5, 0.6) is 0 Å². The van der Waals surface area contributed by atoms with Crippen LogP contribution < -0.4 is 5.32 Å². The lowest BCUT2D eigenvalue weighted by atomic mass is 10.2. The summed E-state index contributed by atoms with van der Waals surface area (Å²) in [4.78, 5) is 4.46. The molecule has 0 bridgehead atoms. The summed E-state index contributed by atoms with van der Waals surface area (Å²) in [7, 11) is 0. The van der Waals surface area contributed by atoms with E-state index in [0.717, 1.165) is 31.0 Å². The highest BCUT2D eigenvalue weighted by atomic mass is 35.5. The van der Waals surface area contributed by atoms with Crippen molar-refractivity contribution < 1.29 is 0 Å². The van der Waals surface area contributed by atoms with Crippen LogP contribution in [0.1, 0.15) is 5.69 Å². The number of fused-ring (bicyclic) bond motifs is 1. The van der Waals surface area contributed by atoms with Crippen molar-refractivity contribution in [3.63, 3.8) is 0 Å². The van der Waals surface area contributed by atoms with Gasteiger partial charge in [0.25, 0.3) is 0 Å². The molecule has 3 nitrogen and oxygen atoms in total. The van der Waals surface area contributed by atoms with Crippen molar-refractivity contribution in [1.82, 2.24) is 14.9 Å². The minimum atomic E-state index is 0. The lowest BCUT2D eigenvalue weighted by Crippen LogP contribution is -2.27. The highest BCUT2D eigenvalue weighted by molar-refractivity contribution is 6.42. The van der Waals surface area contributed by atoms with Crippen molar-refractivity contribution in [3.05, 3.63) is 40.1 Å². The Hall–Kier alpha value is -0.450. The van der Waals surface area contributed by atoms with E-state index in [0.29, 0.717) is 10.0 Å². The van der Waals surface area contributed by atoms with Crippen LogP contribution in [0.3, 0.4) is 0 Å². The monoisotopic (exact) mass is 339 g/mol. The Morgan fingerprint density at radius 1 is 1.16 bits per heavy atom. The number of imidazole rings is 1. The van der Waals surface area contributed by atoms with Crippen LogP contribution in [0.4, 0.5) is 0 Å². The molecule has 0 amide bonds. The van der Waals surface area contributed by atoms with E-state index < -0.39 is 0 Å². The highest BCUT2D eigenvalue weighted by Crippen LogP contribution is 2.28. The van der Waals surface area contributed by atoms with Crippen molar-refractivity contribution in [2.75, 3.05) is 6.54 Å². The minimum Gasteiger partial charge on any atom is -0.326 e. The zero-order chi connectivity index (χ0) is 11.8. The first-order valence-electron chi connectivity index (χ1n) is 5.46. The van der Waals surface area contributed by atoms with Crippen LogP contribution in [-0.2, 0) is 13.1 Å². The van der Waals surface area contributed by atoms with Crippen LogP contribution >= 0.6 is 48.0 Å². The molecule has 2 heterocycles. The predicted octanol–water partition coefficient (Wildman–Crippen LogP) is 3.80. The molecule has 1 aromatic heterocycles. The van der Waals surface area contributed by atoms with E-state index in [1.165, 1.54) is 5.69 Å². The van der Waals surface area contributed by atoms with E-state index in [2.05, 4.69) is 14.9 Å². The number of rotatable bonds is 1. The number of nitrogens with one attached hydrogen (secondary N) is 1. The topological polar surface area (TPSA) is 29.9 Å². The SMILES string of the molecule is Cl.Cl.Clc1ccc(-c2ncc3n2CCNC3)cc1Cl. The van der Waals surface area contributed by atoms with Gasteiger partial charge in [0.05, 0.1) is 21.9 Å². The fourth-order valence-electron chi connectivity index (χ4n) is 2.07. The Kier molecular flexibility index (Phi) is 5.96. The molecule has 0 atom stereocenters. The maximum absolute atomic E-state index is 6.03. The fraction of sp³-hybridized carbons (Fsp3) is 0.250. The largest absolute Gasteiger partial charge is 0.326 e. The molecule has 7 heteroatoms. The first-order chi connectivity index (χ1) is 8.25. The van der Waals surface area contributed by atoms with Gasteiger partial charge in [-0.05, 0) is 18.2 Å². The van der Waals surface area contributed by atoms with Crippen LogP contribution in [-0.4, -0.2) is 16.1 Å². The number of aromatic nitrogens is 2. The minimum absolute atomic E-state index is 0. The van der Waals surface area contributed by atoms with Gasteiger partial charge in [0.1, 0.15) is 5.82 Å². The normalized spacial score (nSPS) is 13.2. The van der Waals surface area contributed by atoms with Gasteiger partial charge in [0.2, 0.25) is 0 Å². The van der Waals surface area contributed by atoms with E-state index in [1.807, 2.05) is 24.4 Å². The molecule has 0 fully saturated rings. The average molecular weight is 341 g/mol. The molecule has 0 radical (unpaired) electrons. The number of hydrogen-bond acceptors (Lipinski definition) is 2. The van der Waals surface area contributed by atoms with Crippen LogP contribution in [0, 0.1) is 0 Å². The van der Waals surface area contributed by atoms with Crippen LogP contribution in [0.25, 0.3) is 11.4 Å². The van der Waals surface area contributed by atoms with E-state index >= 15 is 0 Å². The number of hydrogen-bond donors (Lipinski definition) is 1. The predicted molar refractivity (Wildman–Crippen MR) is 83.9 cm³/mol. The maximum Gasteiger partial charge on any atom is 0.140 e. The van der Waals surface area contributed by atoms with Gasteiger partial charge in [0.15, 0.2) is 0 Å². The smallest absolute Gasteiger partial charge is 0.140 e. The highest BCUT2D eigenvalue weighted by Gasteiger charge is 2.15. The lowest BCUT2D eigenvalue weighted by Gasteiger charge is -2.17. The molecule has 0 unspecified atom stereocenters. The molecule has 104 valence electrons. The van der Waals surface area contributed by atoms with Crippen LogP contribution in [0.15, 0.2) is 24.4 Å². The maximum atomic E-state index is 6.03. The molecule has 1 aliphatic rings. The number of nitrogens with zero attached hydrogens (tertiary/aromatic N) is 2. The number of halogens is 4. The molecular formula is C12H13Cl4N3. The first kappa shape index (κ1) is 16.6. The van der Waals surface area contributed by atoms with Crippen molar-refractivity contribution in [2.24, 2.45) is 0 Å². The van der Waals surface area contributed by atoms with E-state index in [9.17, 15) is 0 Å². The molecule has 2 aromatic rings. The van der Waals surface area contributed by atoms with Gasteiger partial charge in [0, 0.05) is 25.2 Å².